The number of benzene rings is 1. The fourth-order valence-electron chi connectivity index (χ4n) is 4.13. The highest BCUT2D eigenvalue weighted by molar-refractivity contribution is 6.11. The molecular formula is C22H26N4O2. The number of amides is 2. The van der Waals surface area contributed by atoms with Crippen molar-refractivity contribution >= 4 is 17.5 Å². The second kappa shape index (κ2) is 7.72. The summed E-state index contributed by atoms with van der Waals surface area (Å²) < 4.78 is 0. The van der Waals surface area contributed by atoms with Gasteiger partial charge >= 0.3 is 0 Å². The van der Waals surface area contributed by atoms with Gasteiger partial charge in [-0.25, -0.2) is 0 Å². The van der Waals surface area contributed by atoms with Gasteiger partial charge in [0, 0.05) is 38.1 Å². The van der Waals surface area contributed by atoms with E-state index in [9.17, 15) is 9.59 Å². The molecule has 0 saturated carbocycles. The standard InChI is InChI=1S/C22H26N4O2/c1-3-24-10-12-25(13-11-24)20(27)15-19-21-18(8-5-9-23-21)22(28)26(19)17-7-4-6-16(2)14-17/h4-9,14,19H,3,10-13,15H2,1-2H3/t19-/m1/s1. The molecule has 2 amide bonds. The van der Waals surface area contributed by atoms with E-state index in [1.54, 1.807) is 23.2 Å². The Morgan fingerprint density at radius 3 is 2.64 bits per heavy atom. The number of rotatable bonds is 4. The molecule has 0 aliphatic carbocycles. The molecule has 1 saturated heterocycles. The topological polar surface area (TPSA) is 56.8 Å². The maximum atomic E-state index is 13.1. The van der Waals surface area contributed by atoms with Gasteiger partial charge in [0.15, 0.2) is 0 Å². The number of aryl methyl sites for hydroxylation is 1. The molecule has 6 nitrogen and oxygen atoms in total. The van der Waals surface area contributed by atoms with Crippen molar-refractivity contribution in [2.45, 2.75) is 26.3 Å². The largest absolute Gasteiger partial charge is 0.340 e. The fourth-order valence-corrected chi connectivity index (χ4v) is 4.13. The first-order valence-electron chi connectivity index (χ1n) is 9.93. The van der Waals surface area contributed by atoms with Crippen LogP contribution in [0.3, 0.4) is 0 Å². The second-order valence-corrected chi connectivity index (χ2v) is 7.49. The molecule has 1 aromatic carbocycles. The molecule has 0 unspecified atom stereocenters. The Kier molecular flexibility index (Phi) is 5.13. The van der Waals surface area contributed by atoms with Gasteiger partial charge in [-0.3, -0.25) is 19.5 Å². The summed E-state index contributed by atoms with van der Waals surface area (Å²) in [5.41, 5.74) is 3.19. The summed E-state index contributed by atoms with van der Waals surface area (Å²) in [6.45, 7) is 8.45. The SMILES string of the molecule is CCN1CCN(C(=O)C[C@@H]2c3ncccc3C(=O)N2c2cccc(C)c2)CC1. The number of fused-ring (bicyclic) bond motifs is 1. The van der Waals surface area contributed by atoms with E-state index in [1.165, 1.54) is 0 Å². The molecule has 0 N–H and O–H groups in total. The molecule has 2 aliphatic heterocycles. The highest BCUT2D eigenvalue weighted by Gasteiger charge is 2.40. The van der Waals surface area contributed by atoms with E-state index >= 15 is 0 Å². The third kappa shape index (κ3) is 3.40. The van der Waals surface area contributed by atoms with Gasteiger partial charge in [0.1, 0.15) is 0 Å². The lowest BCUT2D eigenvalue weighted by molar-refractivity contribution is -0.133. The lowest BCUT2D eigenvalue weighted by atomic mass is 10.1. The van der Waals surface area contributed by atoms with Gasteiger partial charge < -0.3 is 9.80 Å². The highest BCUT2D eigenvalue weighted by Crippen LogP contribution is 2.38. The number of pyridine rings is 1. The Morgan fingerprint density at radius 2 is 1.93 bits per heavy atom. The lowest BCUT2D eigenvalue weighted by Gasteiger charge is -2.35. The first kappa shape index (κ1) is 18.6. The first-order valence-corrected chi connectivity index (χ1v) is 9.93. The third-order valence-corrected chi connectivity index (χ3v) is 5.74. The smallest absolute Gasteiger partial charge is 0.260 e. The number of aromatic nitrogens is 1. The Labute approximate surface area is 165 Å². The van der Waals surface area contributed by atoms with Gasteiger partial charge in [-0.05, 0) is 43.3 Å². The first-order chi connectivity index (χ1) is 13.6. The third-order valence-electron chi connectivity index (χ3n) is 5.74. The highest BCUT2D eigenvalue weighted by atomic mass is 16.2. The van der Waals surface area contributed by atoms with Crippen molar-refractivity contribution in [2.75, 3.05) is 37.6 Å². The molecule has 146 valence electrons. The van der Waals surface area contributed by atoms with Gasteiger partial charge in [-0.2, -0.15) is 0 Å². The van der Waals surface area contributed by atoms with Gasteiger partial charge in [-0.15, -0.1) is 0 Å². The number of carbonyl (C=O) groups is 2. The maximum Gasteiger partial charge on any atom is 0.260 e. The zero-order valence-electron chi connectivity index (χ0n) is 16.5. The van der Waals surface area contributed by atoms with Crippen molar-refractivity contribution in [3.63, 3.8) is 0 Å². The molecule has 1 aromatic heterocycles. The van der Waals surface area contributed by atoms with Crippen LogP contribution in [0.2, 0.25) is 0 Å². The van der Waals surface area contributed by atoms with Crippen LogP contribution in [0.25, 0.3) is 0 Å². The number of likely N-dealkylation sites (N-methyl/N-ethyl adjacent to an activating group) is 1. The van der Waals surface area contributed by atoms with Crippen LogP contribution < -0.4 is 4.90 Å². The predicted molar refractivity (Wildman–Crippen MR) is 108 cm³/mol. The number of hydrogen-bond donors (Lipinski definition) is 0. The molecule has 1 fully saturated rings. The van der Waals surface area contributed by atoms with Crippen LogP contribution in [0.1, 0.15) is 41.0 Å². The molecule has 0 radical (unpaired) electrons. The van der Waals surface area contributed by atoms with E-state index in [0.29, 0.717) is 11.3 Å². The average Bonchev–Trinajstić information content (AvgIpc) is 3.00. The molecular weight excluding hydrogens is 352 g/mol. The molecule has 3 heterocycles. The van der Waals surface area contributed by atoms with Crippen LogP contribution in [0.15, 0.2) is 42.6 Å². The van der Waals surface area contributed by atoms with Crippen molar-refractivity contribution in [3.8, 4) is 0 Å². The summed E-state index contributed by atoms with van der Waals surface area (Å²) in [6.07, 6.45) is 1.96. The number of nitrogens with zero attached hydrogens (tertiary/aromatic N) is 4. The van der Waals surface area contributed by atoms with Gasteiger partial charge in [0.25, 0.3) is 5.91 Å². The summed E-state index contributed by atoms with van der Waals surface area (Å²) >= 11 is 0. The summed E-state index contributed by atoms with van der Waals surface area (Å²) in [4.78, 5) is 36.6. The number of piperazine rings is 1. The number of hydrogen-bond acceptors (Lipinski definition) is 4. The Hall–Kier alpha value is -2.73. The average molecular weight is 378 g/mol. The van der Waals surface area contributed by atoms with Crippen LogP contribution in [0, 0.1) is 6.92 Å². The van der Waals surface area contributed by atoms with Crippen LogP contribution in [0.4, 0.5) is 5.69 Å². The zero-order valence-corrected chi connectivity index (χ0v) is 16.5. The zero-order chi connectivity index (χ0) is 19.7. The van der Waals surface area contributed by atoms with Crippen molar-refractivity contribution in [2.24, 2.45) is 0 Å². The Bertz CT molecular complexity index is 890. The maximum absolute atomic E-state index is 13.1. The van der Waals surface area contributed by atoms with E-state index in [2.05, 4.69) is 16.8 Å². The normalized spacial score (nSPS) is 19.8. The van der Waals surface area contributed by atoms with Crippen molar-refractivity contribution in [1.82, 2.24) is 14.8 Å². The fraction of sp³-hybridized carbons (Fsp3) is 0.409. The minimum absolute atomic E-state index is 0.0812. The van der Waals surface area contributed by atoms with Crippen molar-refractivity contribution in [3.05, 3.63) is 59.4 Å². The van der Waals surface area contributed by atoms with Crippen LogP contribution >= 0.6 is 0 Å². The minimum atomic E-state index is -0.359. The molecule has 2 aliphatic rings. The minimum Gasteiger partial charge on any atom is -0.340 e. The molecule has 1 atom stereocenters. The van der Waals surface area contributed by atoms with Gasteiger partial charge in [0.05, 0.1) is 23.7 Å². The molecule has 0 bridgehead atoms. The number of carbonyl (C=O) groups excluding carboxylic acids is 2. The van der Waals surface area contributed by atoms with Gasteiger partial charge in [-0.1, -0.05) is 19.1 Å². The van der Waals surface area contributed by atoms with E-state index < -0.39 is 0 Å². The summed E-state index contributed by atoms with van der Waals surface area (Å²) in [6, 6.07) is 11.1. The van der Waals surface area contributed by atoms with Crippen molar-refractivity contribution < 1.29 is 9.59 Å². The van der Waals surface area contributed by atoms with Crippen molar-refractivity contribution in [1.29, 1.82) is 0 Å². The summed E-state index contributed by atoms with van der Waals surface area (Å²) in [7, 11) is 0. The quantitative estimate of drug-likeness (QED) is 0.821. The summed E-state index contributed by atoms with van der Waals surface area (Å²) in [5, 5.41) is 0. The van der Waals surface area contributed by atoms with Gasteiger partial charge in [0.2, 0.25) is 5.91 Å². The van der Waals surface area contributed by atoms with Crippen LogP contribution in [-0.4, -0.2) is 59.3 Å². The predicted octanol–water partition coefficient (Wildman–Crippen LogP) is 2.65. The molecule has 0 spiro atoms. The van der Waals surface area contributed by atoms with Crippen LogP contribution in [0.5, 0.6) is 0 Å². The molecule has 2 aromatic rings. The Balaban J connectivity index is 1.60. The number of anilines is 1. The lowest BCUT2D eigenvalue weighted by Crippen LogP contribution is -2.49. The van der Waals surface area contributed by atoms with E-state index in [1.807, 2.05) is 36.1 Å². The van der Waals surface area contributed by atoms with E-state index in [0.717, 1.165) is 44.0 Å². The van der Waals surface area contributed by atoms with E-state index in [-0.39, 0.29) is 24.3 Å². The second-order valence-electron chi connectivity index (χ2n) is 7.49. The van der Waals surface area contributed by atoms with E-state index in [4.69, 9.17) is 0 Å². The molecule has 6 heteroatoms. The summed E-state index contributed by atoms with van der Waals surface area (Å²) in [5.74, 6) is 0.00649. The van der Waals surface area contributed by atoms with Crippen LogP contribution in [-0.2, 0) is 4.79 Å². The Morgan fingerprint density at radius 1 is 1.14 bits per heavy atom. The monoisotopic (exact) mass is 378 g/mol. The molecule has 28 heavy (non-hydrogen) atoms. The molecule has 4 rings (SSSR count).